The Morgan fingerprint density at radius 2 is 2.12 bits per heavy atom. The summed E-state index contributed by atoms with van der Waals surface area (Å²) in [6, 6.07) is 9.82. The van der Waals surface area contributed by atoms with E-state index in [1.165, 1.54) is 0 Å². The standard InChI is InChI=1S/C12H11NO4/c14-11-13(10-12(17-10)7-16-12)9(6-15-11)8-4-2-1-3-5-8/h1-5,9-10H,6-7H2/p+1/t9-,10?,12?/m0/s1. The lowest BCUT2D eigenvalue weighted by atomic mass is 10.1. The van der Waals surface area contributed by atoms with E-state index in [1.807, 2.05) is 30.3 Å². The fraction of sp³-hybridized carbons (Fsp3) is 0.417. The number of carbonyl (C=O) groups excluding carboxylic acids is 1. The van der Waals surface area contributed by atoms with Crippen LogP contribution in [0.1, 0.15) is 11.6 Å². The number of carbonyl (C=O) groups is 1. The second-order valence-corrected chi connectivity index (χ2v) is 4.54. The maximum absolute atomic E-state index is 11.7. The van der Waals surface area contributed by atoms with Crippen molar-refractivity contribution in [1.29, 1.82) is 0 Å². The summed E-state index contributed by atoms with van der Waals surface area (Å²) in [5, 5.41) is 0. The molecule has 3 saturated heterocycles. The lowest BCUT2D eigenvalue weighted by Gasteiger charge is -2.17. The van der Waals surface area contributed by atoms with Crippen LogP contribution >= 0.6 is 0 Å². The van der Waals surface area contributed by atoms with Gasteiger partial charge in [0.25, 0.3) is 12.8 Å². The smallest absolute Gasteiger partial charge is 0.412 e. The van der Waals surface area contributed by atoms with Crippen molar-refractivity contribution in [2.75, 3.05) is 13.2 Å². The minimum atomic E-state index is -0.379. The number of ether oxygens (including phenoxy) is 3. The molecule has 17 heavy (non-hydrogen) atoms. The number of amides is 1. The highest BCUT2D eigenvalue weighted by Gasteiger charge is 2.82. The van der Waals surface area contributed by atoms with E-state index in [0.29, 0.717) is 13.2 Å². The van der Waals surface area contributed by atoms with Crippen molar-refractivity contribution >= 4 is 6.09 Å². The van der Waals surface area contributed by atoms with Gasteiger partial charge in [0, 0.05) is 0 Å². The summed E-state index contributed by atoms with van der Waals surface area (Å²) in [5.74, 6) is -0.379. The summed E-state index contributed by atoms with van der Waals surface area (Å²) in [6.45, 7) is 1.09. The molecule has 1 N–H and O–H groups in total. The van der Waals surface area contributed by atoms with Crippen molar-refractivity contribution in [3.05, 3.63) is 35.9 Å². The first-order chi connectivity index (χ1) is 8.30. The van der Waals surface area contributed by atoms with E-state index in [0.717, 1.165) is 5.56 Å². The fourth-order valence-corrected chi connectivity index (χ4v) is 2.37. The zero-order valence-electron chi connectivity index (χ0n) is 9.07. The van der Waals surface area contributed by atoms with Gasteiger partial charge in [-0.05, 0) is 5.56 Å². The first-order valence-corrected chi connectivity index (χ1v) is 5.67. The van der Waals surface area contributed by atoms with Gasteiger partial charge in [0.2, 0.25) is 0 Å². The number of nitrogens with zero attached hydrogens (tertiary/aromatic N) is 1. The van der Waals surface area contributed by atoms with E-state index in [-0.39, 0.29) is 24.2 Å². The molecule has 3 aliphatic rings. The molecule has 0 aromatic heterocycles. The van der Waals surface area contributed by atoms with Crippen molar-refractivity contribution in [3.63, 3.8) is 0 Å². The Morgan fingerprint density at radius 1 is 1.35 bits per heavy atom. The Morgan fingerprint density at radius 3 is 2.76 bits per heavy atom. The van der Waals surface area contributed by atoms with E-state index in [2.05, 4.69) is 4.74 Å². The van der Waals surface area contributed by atoms with E-state index >= 15 is 0 Å². The molecule has 3 fully saturated rings. The zero-order chi connectivity index (χ0) is 11.5. The van der Waals surface area contributed by atoms with Gasteiger partial charge in [0.05, 0.1) is 6.04 Å². The van der Waals surface area contributed by atoms with Gasteiger partial charge in [-0.15, -0.1) is 0 Å². The van der Waals surface area contributed by atoms with Gasteiger partial charge in [0.15, 0.2) is 0 Å². The molecule has 0 aliphatic carbocycles. The van der Waals surface area contributed by atoms with Crippen LogP contribution in [0.15, 0.2) is 30.3 Å². The van der Waals surface area contributed by atoms with E-state index < -0.39 is 0 Å². The minimum Gasteiger partial charge on any atom is -0.447 e. The van der Waals surface area contributed by atoms with Gasteiger partial charge in [-0.3, -0.25) is 9.64 Å². The maximum atomic E-state index is 11.7. The molecule has 0 bridgehead atoms. The molecule has 1 amide bonds. The third-order valence-electron chi connectivity index (χ3n) is 3.46. The molecular weight excluding hydrogens is 222 g/mol. The highest BCUT2D eigenvalue weighted by molar-refractivity contribution is 5.71. The van der Waals surface area contributed by atoms with Crippen molar-refractivity contribution in [1.82, 2.24) is 4.90 Å². The van der Waals surface area contributed by atoms with Crippen LogP contribution in [0.5, 0.6) is 0 Å². The first kappa shape index (κ1) is 9.44. The Bertz CT molecular complexity index is 471. The third-order valence-corrected chi connectivity index (χ3v) is 3.46. The van der Waals surface area contributed by atoms with Crippen molar-refractivity contribution in [3.8, 4) is 0 Å². The van der Waals surface area contributed by atoms with Gasteiger partial charge in [0.1, 0.15) is 6.61 Å². The number of hydrogen-bond acceptors (Lipinski definition) is 3. The zero-order valence-corrected chi connectivity index (χ0v) is 9.07. The predicted molar refractivity (Wildman–Crippen MR) is 57.1 cm³/mol. The molecule has 1 spiro atoms. The molecule has 88 valence electrons. The quantitative estimate of drug-likeness (QED) is 0.561. The van der Waals surface area contributed by atoms with Gasteiger partial charge in [-0.2, -0.15) is 0 Å². The summed E-state index contributed by atoms with van der Waals surface area (Å²) >= 11 is 0. The Hall–Kier alpha value is -1.59. The average Bonchev–Trinajstić information content (AvgIpc) is 3.25. The van der Waals surface area contributed by atoms with Crippen molar-refractivity contribution in [2.45, 2.75) is 18.1 Å². The minimum absolute atomic E-state index is 0.0520. The third kappa shape index (κ3) is 1.29. The highest BCUT2D eigenvalue weighted by atomic mass is 16.9. The molecule has 2 unspecified atom stereocenters. The molecule has 3 aliphatic heterocycles. The van der Waals surface area contributed by atoms with Crippen LogP contribution in [0.4, 0.5) is 4.79 Å². The van der Waals surface area contributed by atoms with Crippen LogP contribution in [-0.2, 0) is 9.47 Å². The first-order valence-electron chi connectivity index (χ1n) is 5.67. The number of benzene rings is 1. The van der Waals surface area contributed by atoms with E-state index in [9.17, 15) is 4.79 Å². The monoisotopic (exact) mass is 234 g/mol. The summed E-state index contributed by atoms with van der Waals surface area (Å²) in [4.78, 5) is 13.4. The number of aliphatic hydroxyl groups is 2. The Labute approximate surface area is 97.9 Å². The SMILES string of the molecule is O=C1OC[C@@H](c2ccccc2)N1C1OC12C[OH+]2. The Balaban J connectivity index is 1.64. The molecule has 5 nitrogen and oxygen atoms in total. The molecule has 0 radical (unpaired) electrons. The van der Waals surface area contributed by atoms with Crippen LogP contribution in [0.25, 0.3) is 0 Å². The largest absolute Gasteiger partial charge is 0.447 e. The molecular formula is C12H12NO4+. The van der Waals surface area contributed by atoms with Crippen LogP contribution in [-0.4, -0.2) is 41.0 Å². The van der Waals surface area contributed by atoms with Gasteiger partial charge in [-0.25, -0.2) is 4.79 Å². The number of hydrogen-bond donors (Lipinski definition) is 0. The van der Waals surface area contributed by atoms with Gasteiger partial charge in [-0.1, -0.05) is 30.3 Å². The van der Waals surface area contributed by atoms with Crippen molar-refractivity contribution in [2.24, 2.45) is 0 Å². The summed E-state index contributed by atoms with van der Waals surface area (Å²) in [7, 11) is 0. The number of rotatable bonds is 2. The second kappa shape index (κ2) is 3.00. The van der Waals surface area contributed by atoms with E-state index in [1.54, 1.807) is 4.90 Å². The average molecular weight is 234 g/mol. The van der Waals surface area contributed by atoms with Crippen LogP contribution in [0.3, 0.4) is 0 Å². The summed E-state index contributed by atoms with van der Waals surface area (Å²) < 4.78 is 14.8. The summed E-state index contributed by atoms with van der Waals surface area (Å²) in [5.41, 5.74) is 1.07. The molecule has 0 saturated carbocycles. The fourth-order valence-electron chi connectivity index (χ4n) is 2.37. The number of cyclic esters (lactones) is 1. The molecule has 4 rings (SSSR count). The lowest BCUT2D eigenvalue weighted by molar-refractivity contribution is 0.121. The Kier molecular flexibility index (Phi) is 1.66. The van der Waals surface area contributed by atoms with E-state index in [4.69, 9.17) is 9.47 Å². The van der Waals surface area contributed by atoms with Gasteiger partial charge < -0.3 is 9.47 Å². The lowest BCUT2D eigenvalue weighted by Crippen LogP contribution is -2.32. The van der Waals surface area contributed by atoms with Crippen molar-refractivity contribution < 1.29 is 19.0 Å². The van der Waals surface area contributed by atoms with Gasteiger partial charge >= 0.3 is 11.9 Å². The predicted octanol–water partition coefficient (Wildman–Crippen LogP) is 0.774. The molecule has 3 heterocycles. The number of epoxide rings is 2. The topological polar surface area (TPSA) is 54.9 Å². The van der Waals surface area contributed by atoms with Crippen LogP contribution in [0.2, 0.25) is 0 Å². The molecule has 3 atom stereocenters. The van der Waals surface area contributed by atoms with Crippen LogP contribution in [0, 0.1) is 0 Å². The highest BCUT2D eigenvalue weighted by Crippen LogP contribution is 2.51. The second-order valence-electron chi connectivity index (χ2n) is 4.54. The van der Waals surface area contributed by atoms with Crippen LogP contribution < -0.4 is 0 Å². The summed E-state index contributed by atoms with van der Waals surface area (Å²) in [6.07, 6.45) is -0.523. The maximum Gasteiger partial charge on any atom is 0.412 e. The molecule has 1 aromatic rings. The molecule has 5 heteroatoms. The normalized spacial score (nSPS) is 38.4. The molecule has 1 aromatic carbocycles.